The highest BCUT2D eigenvalue weighted by molar-refractivity contribution is 7.89. The average Bonchev–Trinajstić information content (AvgIpc) is 2.24. The van der Waals surface area contributed by atoms with Gasteiger partial charge < -0.3 is 5.32 Å². The minimum Gasteiger partial charge on any atom is -0.315 e. The van der Waals surface area contributed by atoms with Crippen LogP contribution in [0.3, 0.4) is 0 Å². The Bertz CT molecular complexity index is 630. The van der Waals surface area contributed by atoms with E-state index in [2.05, 4.69) is 5.32 Å². The van der Waals surface area contributed by atoms with Crippen LogP contribution in [0.5, 0.6) is 0 Å². The largest absolute Gasteiger partial charge is 0.416 e. The molecule has 1 N–H and O–H groups in total. The zero-order chi connectivity index (χ0) is 14.6. The van der Waals surface area contributed by atoms with Crippen LogP contribution in [0.15, 0.2) is 29.2 Å². The van der Waals surface area contributed by atoms with Crippen molar-refractivity contribution in [3.8, 4) is 0 Å². The number of hydrogen-bond acceptors (Lipinski definition) is 3. The fourth-order valence-corrected chi connectivity index (χ4v) is 4.27. The van der Waals surface area contributed by atoms with Crippen molar-refractivity contribution < 1.29 is 21.6 Å². The van der Waals surface area contributed by atoms with Crippen molar-refractivity contribution >= 4 is 10.0 Å². The van der Waals surface area contributed by atoms with Crippen LogP contribution in [0.2, 0.25) is 0 Å². The second-order valence-electron chi connectivity index (χ2n) is 5.40. The lowest BCUT2D eigenvalue weighted by Crippen LogP contribution is -2.71. The number of benzene rings is 1. The molecule has 0 radical (unpaired) electrons. The van der Waals surface area contributed by atoms with Crippen molar-refractivity contribution in [3.05, 3.63) is 29.8 Å². The summed E-state index contributed by atoms with van der Waals surface area (Å²) in [6.45, 7) is 2.28. The second kappa shape index (κ2) is 4.19. The van der Waals surface area contributed by atoms with Gasteiger partial charge in [0.05, 0.1) is 10.5 Å². The van der Waals surface area contributed by atoms with E-state index in [0.29, 0.717) is 19.2 Å². The third-order valence-electron chi connectivity index (χ3n) is 3.82. The van der Waals surface area contributed by atoms with Gasteiger partial charge in [0.15, 0.2) is 0 Å². The molecule has 2 heterocycles. The third-order valence-corrected chi connectivity index (χ3v) is 5.61. The summed E-state index contributed by atoms with van der Waals surface area (Å²) in [7, 11) is -3.83. The van der Waals surface area contributed by atoms with Gasteiger partial charge in [0.1, 0.15) is 0 Å². The van der Waals surface area contributed by atoms with Crippen molar-refractivity contribution in [2.24, 2.45) is 5.41 Å². The molecule has 4 nitrogen and oxygen atoms in total. The Kier molecular flexibility index (Phi) is 2.90. The molecule has 1 spiro atoms. The molecule has 2 saturated heterocycles. The van der Waals surface area contributed by atoms with Crippen LogP contribution in [0, 0.1) is 5.41 Å². The number of halogens is 3. The summed E-state index contributed by atoms with van der Waals surface area (Å²) < 4.78 is 63.6. The molecular formula is C12H13F3N2O2S. The molecule has 0 atom stereocenters. The maximum Gasteiger partial charge on any atom is 0.416 e. The highest BCUT2D eigenvalue weighted by atomic mass is 32.2. The Morgan fingerprint density at radius 3 is 2.35 bits per heavy atom. The normalized spacial score (nSPS) is 22.4. The van der Waals surface area contributed by atoms with E-state index in [1.165, 1.54) is 10.4 Å². The highest BCUT2D eigenvalue weighted by Gasteiger charge is 2.52. The Morgan fingerprint density at radius 2 is 1.85 bits per heavy atom. The molecular weight excluding hydrogens is 293 g/mol. The summed E-state index contributed by atoms with van der Waals surface area (Å²) >= 11 is 0. The molecule has 2 fully saturated rings. The van der Waals surface area contributed by atoms with Gasteiger partial charge in [-0.25, -0.2) is 8.42 Å². The Morgan fingerprint density at radius 1 is 1.20 bits per heavy atom. The number of rotatable bonds is 2. The van der Waals surface area contributed by atoms with Crippen molar-refractivity contribution in [2.75, 3.05) is 26.2 Å². The molecule has 20 heavy (non-hydrogen) atoms. The first-order chi connectivity index (χ1) is 9.23. The molecule has 0 aliphatic carbocycles. The lowest BCUT2D eigenvalue weighted by Gasteiger charge is -2.55. The second-order valence-corrected chi connectivity index (χ2v) is 7.34. The van der Waals surface area contributed by atoms with E-state index >= 15 is 0 Å². The number of sulfonamides is 1. The van der Waals surface area contributed by atoms with Crippen LogP contribution in [-0.2, 0) is 16.2 Å². The molecule has 1 aromatic carbocycles. The molecule has 2 aliphatic rings. The van der Waals surface area contributed by atoms with Crippen LogP contribution in [0.1, 0.15) is 5.56 Å². The van der Waals surface area contributed by atoms with E-state index in [4.69, 9.17) is 0 Å². The summed E-state index contributed by atoms with van der Waals surface area (Å²) in [6.07, 6.45) is -4.54. The lowest BCUT2D eigenvalue weighted by atomic mass is 9.76. The number of nitrogens with one attached hydrogen (secondary N) is 1. The van der Waals surface area contributed by atoms with E-state index < -0.39 is 21.8 Å². The van der Waals surface area contributed by atoms with Gasteiger partial charge in [-0.3, -0.25) is 0 Å². The third kappa shape index (κ3) is 2.11. The minimum atomic E-state index is -4.54. The molecule has 1 aromatic rings. The maximum absolute atomic E-state index is 12.6. The van der Waals surface area contributed by atoms with Crippen molar-refractivity contribution in [1.29, 1.82) is 0 Å². The molecule has 8 heteroatoms. The molecule has 110 valence electrons. The molecule has 0 aromatic heterocycles. The van der Waals surface area contributed by atoms with Gasteiger partial charge in [-0.2, -0.15) is 17.5 Å². The summed E-state index contributed by atoms with van der Waals surface area (Å²) in [5.74, 6) is 0. The summed E-state index contributed by atoms with van der Waals surface area (Å²) in [5.41, 5.74) is -0.951. The van der Waals surface area contributed by atoms with Crippen LogP contribution in [0.4, 0.5) is 13.2 Å². The van der Waals surface area contributed by atoms with Gasteiger partial charge in [0.25, 0.3) is 0 Å². The van der Waals surface area contributed by atoms with E-state index in [9.17, 15) is 21.6 Å². The maximum atomic E-state index is 12.6. The lowest BCUT2D eigenvalue weighted by molar-refractivity contribution is -0.137. The monoisotopic (exact) mass is 306 g/mol. The Labute approximate surface area is 114 Å². The van der Waals surface area contributed by atoms with E-state index in [1.54, 1.807) is 0 Å². The highest BCUT2D eigenvalue weighted by Crippen LogP contribution is 2.38. The number of hydrogen-bond donors (Lipinski definition) is 1. The summed E-state index contributed by atoms with van der Waals surface area (Å²) in [5, 5.41) is 3.07. The molecule has 0 amide bonds. The SMILES string of the molecule is O=S(=O)(c1cccc(C(F)(F)F)c1)N1CC2(CNC2)C1. The topological polar surface area (TPSA) is 49.4 Å². The van der Waals surface area contributed by atoms with Crippen LogP contribution in [-0.4, -0.2) is 38.9 Å². The minimum absolute atomic E-state index is 0.00525. The Hall–Kier alpha value is -1.12. The van der Waals surface area contributed by atoms with Gasteiger partial charge in [-0.05, 0) is 18.2 Å². The predicted octanol–water partition coefficient (Wildman–Crippen LogP) is 1.30. The predicted molar refractivity (Wildman–Crippen MR) is 65.5 cm³/mol. The molecule has 0 unspecified atom stereocenters. The average molecular weight is 306 g/mol. The zero-order valence-corrected chi connectivity index (χ0v) is 11.3. The zero-order valence-electron chi connectivity index (χ0n) is 10.4. The fourth-order valence-electron chi connectivity index (χ4n) is 2.56. The standard InChI is InChI=1S/C12H13F3N2O2S/c13-12(14,15)9-2-1-3-10(4-9)20(18,19)17-7-11(8-17)5-16-6-11/h1-4,16H,5-8H2. The van der Waals surface area contributed by atoms with Gasteiger partial charge in [-0.15, -0.1) is 0 Å². The smallest absolute Gasteiger partial charge is 0.315 e. The molecule has 0 bridgehead atoms. The molecule has 3 rings (SSSR count). The first kappa shape index (κ1) is 13.8. The van der Waals surface area contributed by atoms with Crippen LogP contribution >= 0.6 is 0 Å². The molecule has 0 saturated carbocycles. The Balaban J connectivity index is 1.85. The number of alkyl halides is 3. The first-order valence-electron chi connectivity index (χ1n) is 6.11. The van der Waals surface area contributed by atoms with Gasteiger partial charge >= 0.3 is 6.18 Å². The molecule has 2 aliphatic heterocycles. The number of nitrogens with zero attached hydrogens (tertiary/aromatic N) is 1. The van der Waals surface area contributed by atoms with E-state index in [-0.39, 0.29) is 10.3 Å². The quantitative estimate of drug-likeness (QED) is 0.896. The van der Waals surface area contributed by atoms with E-state index in [0.717, 1.165) is 25.2 Å². The van der Waals surface area contributed by atoms with Crippen LogP contribution in [0.25, 0.3) is 0 Å². The van der Waals surface area contributed by atoms with Gasteiger partial charge in [0.2, 0.25) is 10.0 Å². The fraction of sp³-hybridized carbons (Fsp3) is 0.500. The van der Waals surface area contributed by atoms with Gasteiger partial charge in [0, 0.05) is 31.6 Å². The van der Waals surface area contributed by atoms with Crippen molar-refractivity contribution in [1.82, 2.24) is 9.62 Å². The van der Waals surface area contributed by atoms with Crippen molar-refractivity contribution in [3.63, 3.8) is 0 Å². The summed E-state index contributed by atoms with van der Waals surface area (Å²) in [6, 6.07) is 3.89. The van der Waals surface area contributed by atoms with E-state index in [1.807, 2.05) is 0 Å². The first-order valence-corrected chi connectivity index (χ1v) is 7.55. The van der Waals surface area contributed by atoms with Gasteiger partial charge in [-0.1, -0.05) is 6.07 Å². The van der Waals surface area contributed by atoms with Crippen LogP contribution < -0.4 is 5.32 Å². The summed E-state index contributed by atoms with van der Waals surface area (Å²) in [4.78, 5) is -0.297. The van der Waals surface area contributed by atoms with Crippen molar-refractivity contribution in [2.45, 2.75) is 11.1 Å².